The van der Waals surface area contributed by atoms with E-state index in [1.807, 2.05) is 13.8 Å². The van der Waals surface area contributed by atoms with Crippen LogP contribution in [-0.4, -0.2) is 17.8 Å². The highest BCUT2D eigenvalue weighted by molar-refractivity contribution is 6.19. The van der Waals surface area contributed by atoms with Gasteiger partial charge in [0.25, 0.3) is 0 Å². The third-order valence-electron chi connectivity index (χ3n) is 0.999. The summed E-state index contributed by atoms with van der Waals surface area (Å²) >= 11 is 0. The summed E-state index contributed by atoms with van der Waals surface area (Å²) in [5.74, 6) is 1.84. The zero-order chi connectivity index (χ0) is 7.40. The van der Waals surface area contributed by atoms with E-state index in [1.54, 1.807) is 6.08 Å². The number of hydrogen-bond donors (Lipinski definition) is 0. The minimum atomic E-state index is -0.687. The molecule has 0 aromatic carbocycles. The maximum atomic E-state index is 12.1. The maximum Gasteiger partial charge on any atom is 0.308 e. The summed E-state index contributed by atoms with van der Waals surface area (Å²) in [5.41, 5.74) is 0.809. The van der Waals surface area contributed by atoms with E-state index in [1.165, 1.54) is 12.4 Å². The van der Waals surface area contributed by atoms with Crippen molar-refractivity contribution in [2.75, 3.05) is 0 Å². The highest BCUT2D eigenvalue weighted by atomic mass is 19.1. The number of nitrogens with zero attached hydrogens (tertiary/aromatic N) is 2. The second kappa shape index (κ2) is 3.10. The number of halogens is 1. The molecule has 0 saturated carbocycles. The van der Waals surface area contributed by atoms with E-state index in [9.17, 15) is 4.39 Å². The lowest BCUT2D eigenvalue weighted by Gasteiger charge is -1.88. The molecule has 0 aliphatic carbocycles. The van der Waals surface area contributed by atoms with Crippen LogP contribution in [0.5, 0.6) is 0 Å². The number of hydrogen-bond acceptors (Lipinski definition) is 2. The lowest BCUT2D eigenvalue weighted by molar-refractivity contribution is 0.538. The molecule has 4 heteroatoms. The molecule has 0 radical (unpaired) electrons. The molecule has 1 heterocycles. The van der Waals surface area contributed by atoms with Crippen LogP contribution < -0.4 is 0 Å². The summed E-state index contributed by atoms with van der Waals surface area (Å²) < 4.78 is 12.1. The molecule has 50 valence electrons. The van der Waals surface area contributed by atoms with Gasteiger partial charge in [-0.1, -0.05) is 6.08 Å². The van der Waals surface area contributed by atoms with Gasteiger partial charge in [-0.2, -0.15) is 4.39 Å². The Morgan fingerprint density at radius 3 is 2.50 bits per heavy atom. The molecule has 0 amide bonds. The Balaban J connectivity index is 2.89. The molecule has 1 aromatic heterocycles. The molecule has 0 fully saturated rings. The highest BCUT2D eigenvalue weighted by Crippen LogP contribution is 1.96. The van der Waals surface area contributed by atoms with E-state index in [0.29, 0.717) is 0 Å². The molecule has 0 unspecified atom stereocenters. The Kier molecular flexibility index (Phi) is 2.15. The van der Waals surface area contributed by atoms with Crippen molar-refractivity contribution in [2.24, 2.45) is 0 Å². The first-order valence-electron chi connectivity index (χ1n) is 2.93. The fraction of sp³-hybridized carbons (Fsp3) is 0. The Hall–Kier alpha value is -1.19. The standard InChI is InChI=1S/C6H6BFN2/c7-2-1-5-3-9-6(8)10-4-5/h1-4H,7H2/b2-1+. The van der Waals surface area contributed by atoms with Gasteiger partial charge in [0.15, 0.2) is 0 Å². The molecule has 0 aliphatic heterocycles. The van der Waals surface area contributed by atoms with Crippen molar-refractivity contribution in [1.82, 2.24) is 9.97 Å². The second-order valence-electron chi connectivity index (χ2n) is 1.79. The van der Waals surface area contributed by atoms with Crippen LogP contribution in [0.3, 0.4) is 0 Å². The summed E-state index contributed by atoms with van der Waals surface area (Å²) in [6.07, 6.45) is 3.98. The molecule has 1 rings (SSSR count). The van der Waals surface area contributed by atoms with Crippen LogP contribution in [0.4, 0.5) is 4.39 Å². The third-order valence-corrected chi connectivity index (χ3v) is 0.999. The SMILES string of the molecule is B/C=C/c1cnc(F)nc1. The van der Waals surface area contributed by atoms with E-state index in [2.05, 4.69) is 9.97 Å². The molecule has 0 aliphatic rings. The summed E-state index contributed by atoms with van der Waals surface area (Å²) in [5, 5.41) is 0. The summed E-state index contributed by atoms with van der Waals surface area (Å²) in [6, 6.07) is 0. The fourth-order valence-electron chi connectivity index (χ4n) is 0.601. The molecule has 0 atom stereocenters. The van der Waals surface area contributed by atoms with Crippen molar-refractivity contribution in [3.8, 4) is 0 Å². The lowest BCUT2D eigenvalue weighted by atomic mass is 10.1. The van der Waals surface area contributed by atoms with E-state index in [-0.39, 0.29) is 0 Å². The van der Waals surface area contributed by atoms with E-state index in [0.717, 1.165) is 5.56 Å². The van der Waals surface area contributed by atoms with Crippen LogP contribution in [0.1, 0.15) is 5.56 Å². The van der Waals surface area contributed by atoms with Crippen LogP contribution in [0.15, 0.2) is 18.4 Å². The van der Waals surface area contributed by atoms with E-state index < -0.39 is 6.08 Å². The van der Waals surface area contributed by atoms with Crippen LogP contribution in [-0.2, 0) is 0 Å². The second-order valence-corrected chi connectivity index (χ2v) is 1.79. The van der Waals surface area contributed by atoms with Gasteiger partial charge < -0.3 is 0 Å². The summed E-state index contributed by atoms with van der Waals surface area (Å²) in [6.45, 7) is 0. The first-order valence-corrected chi connectivity index (χ1v) is 2.93. The monoisotopic (exact) mass is 136 g/mol. The number of aromatic nitrogens is 2. The van der Waals surface area contributed by atoms with Gasteiger partial charge in [0.2, 0.25) is 0 Å². The van der Waals surface area contributed by atoms with Crippen LogP contribution in [0.2, 0.25) is 0 Å². The van der Waals surface area contributed by atoms with Gasteiger partial charge in [-0.05, 0) is 0 Å². The molecule has 0 spiro atoms. The third kappa shape index (κ3) is 1.65. The van der Waals surface area contributed by atoms with Crippen molar-refractivity contribution in [3.05, 3.63) is 30.0 Å². The molecule has 10 heavy (non-hydrogen) atoms. The average molecular weight is 136 g/mol. The predicted molar refractivity (Wildman–Crippen MR) is 39.6 cm³/mol. The van der Waals surface area contributed by atoms with Crippen molar-refractivity contribution >= 4 is 13.9 Å². The summed E-state index contributed by atoms with van der Waals surface area (Å²) in [7, 11) is 1.88. The zero-order valence-electron chi connectivity index (χ0n) is 5.58. The fourth-order valence-corrected chi connectivity index (χ4v) is 0.601. The molecule has 2 nitrogen and oxygen atoms in total. The van der Waals surface area contributed by atoms with Crippen molar-refractivity contribution < 1.29 is 4.39 Å². The molecular formula is C6H6BFN2. The zero-order valence-corrected chi connectivity index (χ0v) is 5.58. The normalized spacial score (nSPS) is 10.5. The van der Waals surface area contributed by atoms with Crippen molar-refractivity contribution in [2.45, 2.75) is 0 Å². The lowest BCUT2D eigenvalue weighted by Crippen LogP contribution is -1.87. The average Bonchev–Trinajstić information content (AvgIpc) is 1.95. The van der Waals surface area contributed by atoms with Gasteiger partial charge in [-0.15, -0.1) is 5.98 Å². The van der Waals surface area contributed by atoms with Crippen LogP contribution in [0.25, 0.3) is 6.08 Å². The smallest absolute Gasteiger partial charge is 0.210 e. The van der Waals surface area contributed by atoms with Gasteiger partial charge in [-0.25, -0.2) is 9.97 Å². The predicted octanol–water partition coefficient (Wildman–Crippen LogP) is 0.219. The first-order chi connectivity index (χ1) is 4.83. The number of rotatable bonds is 1. The molecular weight excluding hydrogens is 130 g/mol. The minimum absolute atomic E-state index is 0.687. The minimum Gasteiger partial charge on any atom is -0.210 e. The Bertz CT molecular complexity index is 232. The highest BCUT2D eigenvalue weighted by Gasteiger charge is 1.89. The van der Waals surface area contributed by atoms with Crippen LogP contribution >= 0.6 is 0 Å². The maximum absolute atomic E-state index is 12.1. The van der Waals surface area contributed by atoms with Gasteiger partial charge in [0.05, 0.1) is 0 Å². The first kappa shape index (κ1) is 6.93. The molecule has 0 saturated heterocycles. The van der Waals surface area contributed by atoms with Gasteiger partial charge in [0.1, 0.15) is 7.85 Å². The molecule has 1 aromatic rings. The summed E-state index contributed by atoms with van der Waals surface area (Å²) in [4.78, 5) is 6.74. The van der Waals surface area contributed by atoms with Crippen molar-refractivity contribution in [3.63, 3.8) is 0 Å². The van der Waals surface area contributed by atoms with Crippen LogP contribution in [0, 0.1) is 6.08 Å². The largest absolute Gasteiger partial charge is 0.308 e. The molecule has 0 N–H and O–H groups in total. The van der Waals surface area contributed by atoms with Crippen molar-refractivity contribution in [1.29, 1.82) is 0 Å². The van der Waals surface area contributed by atoms with E-state index >= 15 is 0 Å². The topological polar surface area (TPSA) is 25.8 Å². The Labute approximate surface area is 59.2 Å². The Morgan fingerprint density at radius 2 is 2.00 bits per heavy atom. The van der Waals surface area contributed by atoms with E-state index in [4.69, 9.17) is 0 Å². The van der Waals surface area contributed by atoms with Gasteiger partial charge in [-0.3, -0.25) is 0 Å². The Morgan fingerprint density at radius 1 is 1.40 bits per heavy atom. The van der Waals surface area contributed by atoms with Gasteiger partial charge >= 0.3 is 6.08 Å². The van der Waals surface area contributed by atoms with Gasteiger partial charge in [0, 0.05) is 18.0 Å². The molecule has 0 bridgehead atoms. The quantitative estimate of drug-likeness (QED) is 0.407.